The van der Waals surface area contributed by atoms with Crippen molar-refractivity contribution in [2.75, 3.05) is 6.54 Å². The highest BCUT2D eigenvalue weighted by atomic mass is 32.1. The maximum atomic E-state index is 12.2. The molecule has 0 aliphatic heterocycles. The Bertz CT molecular complexity index is 787. The van der Waals surface area contributed by atoms with Crippen molar-refractivity contribution in [3.63, 3.8) is 0 Å². The lowest BCUT2D eigenvalue weighted by atomic mass is 9.81. The molecule has 2 aromatic rings. The van der Waals surface area contributed by atoms with Gasteiger partial charge in [-0.1, -0.05) is 0 Å². The summed E-state index contributed by atoms with van der Waals surface area (Å²) in [6.07, 6.45) is 3.45. The molecular formula is C16H19N3O3S. The fourth-order valence-corrected chi connectivity index (χ4v) is 3.28. The minimum absolute atomic E-state index is 0.00727. The summed E-state index contributed by atoms with van der Waals surface area (Å²) in [6, 6.07) is 5.20. The largest absolute Gasteiger partial charge is 0.429 e. The Morgan fingerprint density at radius 2 is 2.04 bits per heavy atom. The van der Waals surface area contributed by atoms with E-state index in [1.807, 2.05) is 0 Å². The molecule has 4 N–H and O–H groups in total. The van der Waals surface area contributed by atoms with Gasteiger partial charge in [-0.25, -0.2) is 0 Å². The number of carbonyl (C=O) groups excluding carboxylic acids is 2. The molecule has 0 saturated heterocycles. The topological polar surface area (TPSA) is 101 Å². The Labute approximate surface area is 138 Å². The van der Waals surface area contributed by atoms with Gasteiger partial charge in [-0.15, -0.1) is 0 Å². The Hall–Kier alpha value is -2.15. The number of H-pyrrole nitrogens is 1. The summed E-state index contributed by atoms with van der Waals surface area (Å²) in [5.74, 6) is 0.0463. The zero-order chi connectivity index (χ0) is 16.4. The van der Waals surface area contributed by atoms with Crippen LogP contribution in [-0.2, 0) is 4.79 Å². The van der Waals surface area contributed by atoms with E-state index in [0.29, 0.717) is 28.4 Å². The molecule has 0 spiro atoms. The van der Waals surface area contributed by atoms with Crippen molar-refractivity contribution in [3.05, 3.63) is 28.6 Å². The van der Waals surface area contributed by atoms with Crippen LogP contribution in [0.25, 0.3) is 11.1 Å². The first kappa shape index (κ1) is 15.7. The lowest BCUT2D eigenvalue weighted by Gasteiger charge is -2.26. The molecule has 1 heterocycles. The second kappa shape index (κ2) is 6.54. The van der Waals surface area contributed by atoms with E-state index in [9.17, 15) is 9.59 Å². The molecule has 1 aromatic carbocycles. The molecule has 7 heteroatoms. The van der Waals surface area contributed by atoms with Crippen molar-refractivity contribution in [2.45, 2.75) is 25.7 Å². The summed E-state index contributed by atoms with van der Waals surface area (Å²) >= 11 is 4.93. The normalized spacial score (nSPS) is 21.2. The maximum Gasteiger partial charge on any atom is 0.266 e. The molecule has 1 aromatic heterocycles. The smallest absolute Gasteiger partial charge is 0.266 e. The maximum absolute atomic E-state index is 12.2. The summed E-state index contributed by atoms with van der Waals surface area (Å²) in [5.41, 5.74) is 7.22. The standard InChI is InChI=1S/C16H19N3O3S/c17-14(20)10-3-1-9(2-4-10)8-18-15(21)11-5-6-12-13(7-11)22-16(23)19-12/h5-7,9-10H,1-4,8H2,(H2,17,20)(H,18,21)(H,19,23). The van der Waals surface area contributed by atoms with Crippen LogP contribution in [0.1, 0.15) is 36.0 Å². The zero-order valence-corrected chi connectivity index (χ0v) is 13.4. The third-order valence-electron chi connectivity index (χ3n) is 4.48. The van der Waals surface area contributed by atoms with Gasteiger partial charge in [0, 0.05) is 18.0 Å². The average Bonchev–Trinajstić information content (AvgIpc) is 2.92. The lowest BCUT2D eigenvalue weighted by molar-refractivity contribution is -0.122. The first-order chi connectivity index (χ1) is 11.0. The molecule has 6 nitrogen and oxygen atoms in total. The van der Waals surface area contributed by atoms with Crippen LogP contribution >= 0.6 is 12.2 Å². The molecule has 0 unspecified atom stereocenters. The quantitative estimate of drug-likeness (QED) is 0.748. The van der Waals surface area contributed by atoms with E-state index in [1.54, 1.807) is 18.2 Å². The zero-order valence-electron chi connectivity index (χ0n) is 12.6. The van der Waals surface area contributed by atoms with Crippen molar-refractivity contribution in [1.29, 1.82) is 0 Å². The van der Waals surface area contributed by atoms with Crippen molar-refractivity contribution in [1.82, 2.24) is 10.3 Å². The van der Waals surface area contributed by atoms with E-state index < -0.39 is 0 Å². The van der Waals surface area contributed by atoms with E-state index in [-0.39, 0.29) is 17.7 Å². The number of amides is 2. The second-order valence-corrected chi connectivity index (χ2v) is 6.43. The predicted molar refractivity (Wildman–Crippen MR) is 88.4 cm³/mol. The highest BCUT2D eigenvalue weighted by Crippen LogP contribution is 2.28. The van der Waals surface area contributed by atoms with Gasteiger partial charge in [0.1, 0.15) is 0 Å². The second-order valence-electron chi connectivity index (χ2n) is 6.06. The van der Waals surface area contributed by atoms with Crippen LogP contribution in [-0.4, -0.2) is 23.3 Å². The van der Waals surface area contributed by atoms with Gasteiger partial charge >= 0.3 is 0 Å². The number of hydrogen-bond donors (Lipinski definition) is 3. The third-order valence-corrected chi connectivity index (χ3v) is 4.67. The Morgan fingerprint density at radius 1 is 1.30 bits per heavy atom. The average molecular weight is 333 g/mol. The van der Waals surface area contributed by atoms with E-state index in [4.69, 9.17) is 22.4 Å². The Kier molecular flexibility index (Phi) is 4.47. The number of aromatic nitrogens is 1. The summed E-state index contributed by atoms with van der Waals surface area (Å²) < 4.78 is 5.32. The van der Waals surface area contributed by atoms with Gasteiger partial charge in [-0.05, 0) is 62.0 Å². The molecular weight excluding hydrogens is 314 g/mol. The highest BCUT2D eigenvalue weighted by molar-refractivity contribution is 7.71. The minimum Gasteiger partial charge on any atom is -0.429 e. The number of hydrogen-bond acceptors (Lipinski definition) is 4. The molecule has 0 atom stereocenters. The number of benzene rings is 1. The molecule has 0 bridgehead atoms. The number of fused-ring (bicyclic) bond motifs is 1. The van der Waals surface area contributed by atoms with Crippen LogP contribution < -0.4 is 11.1 Å². The van der Waals surface area contributed by atoms with E-state index in [1.165, 1.54) is 0 Å². The first-order valence-electron chi connectivity index (χ1n) is 7.73. The number of oxazole rings is 1. The summed E-state index contributed by atoms with van der Waals surface area (Å²) in [5, 5.41) is 2.95. The van der Waals surface area contributed by atoms with Crippen LogP contribution in [0.5, 0.6) is 0 Å². The monoisotopic (exact) mass is 333 g/mol. The summed E-state index contributed by atoms with van der Waals surface area (Å²) in [4.78, 5) is 26.6. The molecule has 122 valence electrons. The van der Waals surface area contributed by atoms with Gasteiger partial charge in [0.15, 0.2) is 5.58 Å². The van der Waals surface area contributed by atoms with Crippen molar-refractivity contribution in [2.24, 2.45) is 17.6 Å². The van der Waals surface area contributed by atoms with Gasteiger partial charge in [0.25, 0.3) is 10.7 Å². The number of aromatic amines is 1. The van der Waals surface area contributed by atoms with Crippen molar-refractivity contribution < 1.29 is 14.0 Å². The lowest BCUT2D eigenvalue weighted by Crippen LogP contribution is -2.33. The van der Waals surface area contributed by atoms with Crippen molar-refractivity contribution >= 4 is 35.1 Å². The van der Waals surface area contributed by atoms with E-state index in [2.05, 4.69) is 10.3 Å². The molecule has 1 aliphatic rings. The van der Waals surface area contributed by atoms with Gasteiger partial charge in [0.2, 0.25) is 5.91 Å². The number of rotatable bonds is 4. The molecule has 2 amide bonds. The van der Waals surface area contributed by atoms with Crippen molar-refractivity contribution in [3.8, 4) is 0 Å². The molecule has 1 aliphatic carbocycles. The molecule has 0 radical (unpaired) electrons. The Morgan fingerprint density at radius 3 is 2.74 bits per heavy atom. The molecule has 3 rings (SSSR count). The number of nitrogens with two attached hydrogens (primary N) is 1. The van der Waals surface area contributed by atoms with Gasteiger partial charge < -0.3 is 20.5 Å². The van der Waals surface area contributed by atoms with Crippen LogP contribution in [0.4, 0.5) is 0 Å². The van der Waals surface area contributed by atoms with Gasteiger partial charge in [0.05, 0.1) is 5.52 Å². The van der Waals surface area contributed by atoms with Crippen LogP contribution in [0.15, 0.2) is 22.6 Å². The number of nitrogens with one attached hydrogen (secondary N) is 2. The third kappa shape index (κ3) is 3.61. The molecule has 1 saturated carbocycles. The van der Waals surface area contributed by atoms with E-state index >= 15 is 0 Å². The van der Waals surface area contributed by atoms with Crippen LogP contribution in [0.3, 0.4) is 0 Å². The number of carbonyl (C=O) groups is 2. The van der Waals surface area contributed by atoms with Gasteiger partial charge in [-0.2, -0.15) is 0 Å². The summed E-state index contributed by atoms with van der Waals surface area (Å²) in [6.45, 7) is 0.610. The number of primary amides is 1. The molecule has 1 fully saturated rings. The SMILES string of the molecule is NC(=O)C1CCC(CNC(=O)c2ccc3[nH]c(=S)oc3c2)CC1. The Balaban J connectivity index is 1.56. The fourth-order valence-electron chi connectivity index (χ4n) is 3.08. The highest BCUT2D eigenvalue weighted by Gasteiger charge is 2.24. The first-order valence-corrected chi connectivity index (χ1v) is 8.14. The molecule has 23 heavy (non-hydrogen) atoms. The fraction of sp³-hybridized carbons (Fsp3) is 0.438. The van der Waals surface area contributed by atoms with Gasteiger partial charge in [-0.3, -0.25) is 9.59 Å². The van der Waals surface area contributed by atoms with Crippen LogP contribution in [0.2, 0.25) is 0 Å². The predicted octanol–water partition coefficient (Wildman–Crippen LogP) is 2.51. The van der Waals surface area contributed by atoms with E-state index in [0.717, 1.165) is 31.2 Å². The van der Waals surface area contributed by atoms with Crippen LogP contribution in [0, 0.1) is 16.7 Å². The minimum atomic E-state index is -0.211. The summed E-state index contributed by atoms with van der Waals surface area (Å²) in [7, 11) is 0.